The molecule has 1 atom stereocenters. The van der Waals surface area contributed by atoms with Crippen LogP contribution in [0.15, 0.2) is 30.7 Å². The maximum atomic E-state index is 12.7. The molecule has 166 valence electrons. The zero-order chi connectivity index (χ0) is 22.5. The normalized spacial score (nSPS) is 14.0. The number of halogens is 4. The summed E-state index contributed by atoms with van der Waals surface area (Å²) in [7, 11) is -1.93. The molecule has 30 heavy (non-hydrogen) atoms. The molecule has 0 N–H and O–H groups in total. The standard InChI is InChI=1S/C17H21ClF3N5O2S2/c1-3-25(14-12-26(23-16(14)18)13-5-4-8-22-11-13)15(27)6-10-30(28,29)24(2)9-7-17(19,20)21/h4-5,8,11-12H,3,6-7,9-10H2,1-2H3. The first-order chi connectivity index (χ1) is 13.9. The van der Waals surface area contributed by atoms with E-state index in [9.17, 15) is 22.2 Å². The first-order valence-electron chi connectivity index (χ1n) is 8.91. The van der Waals surface area contributed by atoms with Crippen molar-refractivity contribution in [3.8, 4) is 5.69 Å². The Balaban J connectivity index is 2.07. The summed E-state index contributed by atoms with van der Waals surface area (Å²) in [6.07, 6.45) is -0.958. The average Bonchev–Trinajstić information content (AvgIpc) is 3.06. The third-order valence-electron chi connectivity index (χ3n) is 4.23. The minimum absolute atomic E-state index is 0.0930. The summed E-state index contributed by atoms with van der Waals surface area (Å²) in [5.41, 5.74) is 1.00. The monoisotopic (exact) mass is 483 g/mol. The summed E-state index contributed by atoms with van der Waals surface area (Å²) in [4.78, 5) is 18.1. The highest BCUT2D eigenvalue weighted by Crippen LogP contribution is 2.26. The molecule has 0 aromatic carbocycles. The summed E-state index contributed by atoms with van der Waals surface area (Å²) < 4.78 is 52.2. The van der Waals surface area contributed by atoms with Gasteiger partial charge >= 0.3 is 6.18 Å². The number of rotatable bonds is 9. The topological polar surface area (TPSA) is 71.3 Å². The Hall–Kier alpha value is -1.76. The second kappa shape index (κ2) is 10.0. The van der Waals surface area contributed by atoms with Gasteiger partial charge in [0.2, 0.25) is 5.91 Å². The summed E-state index contributed by atoms with van der Waals surface area (Å²) in [5.74, 6) is -0.660. The van der Waals surface area contributed by atoms with Crippen LogP contribution in [0.5, 0.6) is 0 Å². The van der Waals surface area contributed by atoms with E-state index in [1.165, 1.54) is 16.6 Å². The second-order valence-corrected chi connectivity index (χ2v) is 10.5. The number of hydrogen-bond donors (Lipinski definition) is 0. The van der Waals surface area contributed by atoms with Gasteiger partial charge < -0.3 is 4.90 Å². The predicted octanol–water partition coefficient (Wildman–Crippen LogP) is 3.21. The van der Waals surface area contributed by atoms with Crippen LogP contribution in [-0.2, 0) is 24.7 Å². The van der Waals surface area contributed by atoms with Gasteiger partial charge in [0.25, 0.3) is 0 Å². The van der Waals surface area contributed by atoms with E-state index < -0.39 is 33.7 Å². The van der Waals surface area contributed by atoms with Crippen molar-refractivity contribution in [2.45, 2.75) is 25.9 Å². The number of carbonyl (C=O) groups is 1. The molecule has 0 aliphatic heterocycles. The van der Waals surface area contributed by atoms with E-state index in [0.29, 0.717) is 11.4 Å². The molecule has 0 aliphatic carbocycles. The number of anilines is 1. The van der Waals surface area contributed by atoms with Gasteiger partial charge in [-0.3, -0.25) is 9.78 Å². The quantitative estimate of drug-likeness (QED) is 0.547. The van der Waals surface area contributed by atoms with Crippen molar-refractivity contribution in [1.82, 2.24) is 19.1 Å². The number of alkyl halides is 3. The number of aromatic nitrogens is 3. The fraction of sp³-hybridized carbons (Fsp3) is 0.471. The molecule has 0 saturated heterocycles. The highest BCUT2D eigenvalue weighted by atomic mass is 35.5. The van der Waals surface area contributed by atoms with Crippen LogP contribution in [0.2, 0.25) is 5.15 Å². The van der Waals surface area contributed by atoms with Crippen molar-refractivity contribution in [2.75, 3.05) is 30.8 Å². The molecule has 2 aromatic heterocycles. The molecule has 0 saturated carbocycles. The summed E-state index contributed by atoms with van der Waals surface area (Å²) >= 11 is 11.2. The molecule has 13 heteroatoms. The van der Waals surface area contributed by atoms with Crippen LogP contribution < -0.4 is 4.90 Å². The zero-order valence-electron chi connectivity index (χ0n) is 16.3. The number of carbonyl (C=O) groups excluding carboxylic acids is 1. The molecular weight excluding hydrogens is 463 g/mol. The zero-order valence-corrected chi connectivity index (χ0v) is 18.7. The lowest BCUT2D eigenvalue weighted by Gasteiger charge is -2.23. The lowest BCUT2D eigenvalue weighted by molar-refractivity contribution is -0.135. The SMILES string of the molecule is CCN(C(=O)CCS(=O)(=S)N(C)CCC(F)(F)F)c1cn(-c2cccnc2)nc1Cl. The minimum atomic E-state index is -4.38. The molecule has 1 amide bonds. The summed E-state index contributed by atoms with van der Waals surface area (Å²) in [6.45, 7) is 1.50. The Morgan fingerprint density at radius 2 is 2.10 bits per heavy atom. The summed E-state index contributed by atoms with van der Waals surface area (Å²) in [5, 5.41) is 4.27. The number of hydrogen-bond acceptors (Lipinski definition) is 5. The highest BCUT2D eigenvalue weighted by Gasteiger charge is 2.29. The van der Waals surface area contributed by atoms with Crippen LogP contribution in [0, 0.1) is 0 Å². The average molecular weight is 484 g/mol. The lowest BCUT2D eigenvalue weighted by Crippen LogP contribution is -2.35. The molecule has 2 rings (SSSR count). The first-order valence-corrected chi connectivity index (χ1v) is 11.9. The number of pyridine rings is 1. The van der Waals surface area contributed by atoms with Crippen molar-refractivity contribution in [3.63, 3.8) is 0 Å². The van der Waals surface area contributed by atoms with Gasteiger partial charge in [0.1, 0.15) is 5.69 Å². The van der Waals surface area contributed by atoms with Crippen molar-refractivity contribution in [3.05, 3.63) is 35.9 Å². The smallest absolute Gasteiger partial charge is 0.308 e. The van der Waals surface area contributed by atoms with E-state index in [1.807, 2.05) is 0 Å². The molecule has 2 aromatic rings. The van der Waals surface area contributed by atoms with E-state index in [1.54, 1.807) is 37.6 Å². The highest BCUT2D eigenvalue weighted by molar-refractivity contribution is 8.31. The Bertz CT molecular complexity index is 968. The molecule has 1 unspecified atom stereocenters. The molecule has 0 bridgehead atoms. The molecule has 0 aliphatic rings. The van der Waals surface area contributed by atoms with Crippen LogP contribution in [0.4, 0.5) is 18.9 Å². The van der Waals surface area contributed by atoms with E-state index in [4.69, 9.17) is 22.8 Å². The molecule has 7 nitrogen and oxygen atoms in total. The Morgan fingerprint density at radius 1 is 1.40 bits per heavy atom. The first kappa shape index (κ1) is 24.5. The third-order valence-corrected chi connectivity index (χ3v) is 7.61. The molecule has 0 fully saturated rings. The Labute approximate surface area is 182 Å². The van der Waals surface area contributed by atoms with Crippen LogP contribution in [0.25, 0.3) is 5.69 Å². The van der Waals surface area contributed by atoms with Gasteiger partial charge in [-0.05, 0) is 37.3 Å². The Kier molecular flexibility index (Phi) is 8.20. The molecule has 0 spiro atoms. The molecule has 2 heterocycles. The Morgan fingerprint density at radius 3 is 2.67 bits per heavy atom. The van der Waals surface area contributed by atoms with Crippen LogP contribution >= 0.6 is 11.6 Å². The van der Waals surface area contributed by atoms with Gasteiger partial charge in [0.15, 0.2) is 5.15 Å². The van der Waals surface area contributed by atoms with Gasteiger partial charge in [-0.2, -0.15) is 18.3 Å². The van der Waals surface area contributed by atoms with Gasteiger partial charge in [-0.1, -0.05) is 11.6 Å². The van der Waals surface area contributed by atoms with Gasteiger partial charge in [0.05, 0.1) is 33.2 Å². The van der Waals surface area contributed by atoms with Crippen LogP contribution in [0.1, 0.15) is 19.8 Å². The van der Waals surface area contributed by atoms with E-state index in [2.05, 4.69) is 10.1 Å². The number of amides is 1. The molecule has 0 radical (unpaired) electrons. The van der Waals surface area contributed by atoms with Gasteiger partial charge in [-0.15, -0.1) is 0 Å². The largest absolute Gasteiger partial charge is 0.390 e. The van der Waals surface area contributed by atoms with E-state index >= 15 is 0 Å². The minimum Gasteiger partial charge on any atom is -0.308 e. The van der Waals surface area contributed by atoms with Crippen LogP contribution in [0.3, 0.4) is 0 Å². The second-order valence-electron chi connectivity index (χ2n) is 6.35. The van der Waals surface area contributed by atoms with Crippen molar-refractivity contribution < 1.29 is 22.2 Å². The fourth-order valence-electron chi connectivity index (χ4n) is 2.56. The maximum Gasteiger partial charge on any atom is 0.390 e. The summed E-state index contributed by atoms with van der Waals surface area (Å²) in [6, 6.07) is 3.49. The van der Waals surface area contributed by atoms with Crippen molar-refractivity contribution >= 4 is 43.1 Å². The van der Waals surface area contributed by atoms with E-state index in [0.717, 1.165) is 4.31 Å². The van der Waals surface area contributed by atoms with Gasteiger partial charge in [-0.25, -0.2) is 13.2 Å². The van der Waals surface area contributed by atoms with E-state index in [-0.39, 0.29) is 23.9 Å². The van der Waals surface area contributed by atoms with Crippen molar-refractivity contribution in [1.29, 1.82) is 0 Å². The molecular formula is C17H21ClF3N5O2S2. The maximum absolute atomic E-state index is 12.7. The lowest BCUT2D eigenvalue weighted by atomic mass is 10.3. The number of nitrogens with zero attached hydrogens (tertiary/aromatic N) is 5. The van der Waals surface area contributed by atoms with Crippen molar-refractivity contribution in [2.24, 2.45) is 0 Å². The van der Waals surface area contributed by atoms with Crippen LogP contribution in [-0.4, -0.2) is 61.3 Å². The van der Waals surface area contributed by atoms with Gasteiger partial charge in [0, 0.05) is 31.5 Å². The third kappa shape index (κ3) is 6.62. The predicted molar refractivity (Wildman–Crippen MR) is 113 cm³/mol. The fourth-order valence-corrected chi connectivity index (χ4v) is 4.38.